The molecule has 0 saturated heterocycles. The quantitative estimate of drug-likeness (QED) is 0.768. The summed E-state index contributed by atoms with van der Waals surface area (Å²) in [6.07, 6.45) is 5.57. The van der Waals surface area contributed by atoms with Gasteiger partial charge in [-0.1, -0.05) is 19.8 Å². The van der Waals surface area contributed by atoms with Crippen LogP contribution in [0.4, 0.5) is 0 Å². The van der Waals surface area contributed by atoms with Gasteiger partial charge in [0.1, 0.15) is 0 Å². The van der Waals surface area contributed by atoms with Gasteiger partial charge in [0, 0.05) is 12.0 Å². The van der Waals surface area contributed by atoms with Crippen LogP contribution in [0.15, 0.2) is 0 Å². The number of aliphatic carboxylic acids is 1. The fourth-order valence-corrected chi connectivity index (χ4v) is 3.19. The third kappa shape index (κ3) is 2.79. The van der Waals surface area contributed by atoms with E-state index in [1.165, 1.54) is 25.7 Å². The summed E-state index contributed by atoms with van der Waals surface area (Å²) in [4.78, 5) is 22.7. The molecular formula is C13H21NO3. The Bertz CT molecular complexity index is 304. The molecule has 0 heterocycles. The largest absolute Gasteiger partial charge is 0.481 e. The molecule has 3 unspecified atom stereocenters. The maximum absolute atomic E-state index is 12.0. The highest BCUT2D eigenvalue weighted by Gasteiger charge is 2.54. The summed E-state index contributed by atoms with van der Waals surface area (Å²) in [5.74, 6) is 0.609. The topological polar surface area (TPSA) is 66.4 Å². The molecule has 0 aromatic heterocycles. The zero-order valence-electron chi connectivity index (χ0n) is 10.3. The van der Waals surface area contributed by atoms with Crippen molar-refractivity contribution in [2.45, 2.75) is 51.5 Å². The normalized spacial score (nSPS) is 32.4. The first-order valence-corrected chi connectivity index (χ1v) is 6.65. The first-order chi connectivity index (χ1) is 8.13. The fourth-order valence-electron chi connectivity index (χ4n) is 3.19. The molecule has 0 spiro atoms. The van der Waals surface area contributed by atoms with E-state index in [9.17, 15) is 9.59 Å². The number of nitrogens with one attached hydrogen (secondary N) is 1. The van der Waals surface area contributed by atoms with Crippen LogP contribution in [-0.4, -0.2) is 23.0 Å². The zero-order valence-corrected chi connectivity index (χ0v) is 10.3. The molecule has 0 aromatic rings. The Morgan fingerprint density at radius 3 is 2.35 bits per heavy atom. The van der Waals surface area contributed by atoms with Gasteiger partial charge in [0.05, 0.1) is 6.42 Å². The van der Waals surface area contributed by atoms with Crippen molar-refractivity contribution in [2.24, 2.45) is 17.8 Å². The van der Waals surface area contributed by atoms with Gasteiger partial charge in [-0.15, -0.1) is 0 Å². The number of carbonyl (C=O) groups is 2. The minimum Gasteiger partial charge on any atom is -0.481 e. The van der Waals surface area contributed by atoms with E-state index in [-0.39, 0.29) is 24.3 Å². The summed E-state index contributed by atoms with van der Waals surface area (Å²) in [5.41, 5.74) is 0. The molecule has 0 aromatic carbocycles. The van der Waals surface area contributed by atoms with Crippen LogP contribution in [0, 0.1) is 17.8 Å². The molecular weight excluding hydrogens is 218 g/mol. The first-order valence-electron chi connectivity index (χ1n) is 6.65. The van der Waals surface area contributed by atoms with Crippen molar-refractivity contribution in [3.63, 3.8) is 0 Å². The highest BCUT2D eigenvalue weighted by molar-refractivity contribution is 5.83. The predicted octanol–water partition coefficient (Wildman–Crippen LogP) is 1.79. The van der Waals surface area contributed by atoms with Crippen LogP contribution >= 0.6 is 0 Å². The molecule has 2 aliphatic rings. The van der Waals surface area contributed by atoms with Crippen molar-refractivity contribution in [3.05, 3.63) is 0 Å². The Morgan fingerprint density at radius 2 is 1.88 bits per heavy atom. The number of amides is 1. The monoisotopic (exact) mass is 239 g/mol. The van der Waals surface area contributed by atoms with Crippen LogP contribution in [0.3, 0.4) is 0 Å². The minimum atomic E-state index is -0.842. The second-order valence-electron chi connectivity index (χ2n) is 5.35. The van der Waals surface area contributed by atoms with Gasteiger partial charge in [0.2, 0.25) is 5.91 Å². The van der Waals surface area contributed by atoms with Crippen molar-refractivity contribution in [1.82, 2.24) is 5.32 Å². The molecule has 0 aliphatic heterocycles. The molecule has 3 atom stereocenters. The molecule has 2 aliphatic carbocycles. The van der Waals surface area contributed by atoms with Gasteiger partial charge in [-0.3, -0.25) is 9.59 Å². The molecule has 4 heteroatoms. The van der Waals surface area contributed by atoms with Gasteiger partial charge >= 0.3 is 5.97 Å². The summed E-state index contributed by atoms with van der Waals surface area (Å²) in [5, 5.41) is 11.6. The van der Waals surface area contributed by atoms with Gasteiger partial charge in [-0.05, 0) is 31.1 Å². The number of carbonyl (C=O) groups excluding carboxylic acids is 1. The number of rotatable bonds is 5. The van der Waals surface area contributed by atoms with E-state index in [1.54, 1.807) is 0 Å². The second-order valence-corrected chi connectivity index (χ2v) is 5.35. The van der Waals surface area contributed by atoms with E-state index in [0.717, 1.165) is 0 Å². The van der Waals surface area contributed by atoms with Crippen LogP contribution in [-0.2, 0) is 9.59 Å². The van der Waals surface area contributed by atoms with Crippen molar-refractivity contribution < 1.29 is 14.7 Å². The third-order valence-corrected chi connectivity index (χ3v) is 4.22. The maximum Gasteiger partial charge on any atom is 0.305 e. The molecule has 0 radical (unpaired) electrons. The molecule has 2 rings (SSSR count). The Kier molecular flexibility index (Phi) is 3.69. The van der Waals surface area contributed by atoms with E-state index < -0.39 is 5.97 Å². The third-order valence-electron chi connectivity index (χ3n) is 4.22. The van der Waals surface area contributed by atoms with Gasteiger partial charge in [-0.25, -0.2) is 0 Å². The lowest BCUT2D eigenvalue weighted by Gasteiger charge is -2.14. The Balaban J connectivity index is 1.82. The van der Waals surface area contributed by atoms with Crippen LogP contribution in [0.2, 0.25) is 0 Å². The van der Waals surface area contributed by atoms with Gasteiger partial charge < -0.3 is 10.4 Å². The highest BCUT2D eigenvalue weighted by Crippen LogP contribution is 2.55. The number of fused-ring (bicyclic) bond motifs is 1. The van der Waals surface area contributed by atoms with Crippen molar-refractivity contribution in [3.8, 4) is 0 Å². The van der Waals surface area contributed by atoms with Gasteiger partial charge in [-0.2, -0.15) is 0 Å². The molecule has 96 valence electrons. The van der Waals surface area contributed by atoms with Gasteiger partial charge in [0.15, 0.2) is 0 Å². The van der Waals surface area contributed by atoms with Gasteiger partial charge in [0.25, 0.3) is 0 Å². The van der Waals surface area contributed by atoms with E-state index >= 15 is 0 Å². The SMILES string of the molecule is CCC(CC(=O)O)NC(=O)C1C2CCCCC21. The highest BCUT2D eigenvalue weighted by atomic mass is 16.4. The van der Waals surface area contributed by atoms with E-state index in [4.69, 9.17) is 5.11 Å². The molecule has 17 heavy (non-hydrogen) atoms. The van der Waals surface area contributed by atoms with Crippen molar-refractivity contribution in [2.75, 3.05) is 0 Å². The predicted molar refractivity (Wildman–Crippen MR) is 63.4 cm³/mol. The fraction of sp³-hybridized carbons (Fsp3) is 0.846. The summed E-state index contributed by atoms with van der Waals surface area (Å²) in [6, 6.07) is -0.206. The van der Waals surface area contributed by atoms with Crippen LogP contribution < -0.4 is 5.32 Å². The Hall–Kier alpha value is -1.06. The number of carboxylic acid groups (broad SMARTS) is 1. The van der Waals surface area contributed by atoms with E-state index in [0.29, 0.717) is 18.3 Å². The smallest absolute Gasteiger partial charge is 0.305 e. The number of hydrogen-bond acceptors (Lipinski definition) is 2. The molecule has 4 nitrogen and oxygen atoms in total. The van der Waals surface area contributed by atoms with Crippen LogP contribution in [0.25, 0.3) is 0 Å². The van der Waals surface area contributed by atoms with E-state index in [1.807, 2.05) is 6.92 Å². The lowest BCUT2D eigenvalue weighted by Crippen LogP contribution is -2.37. The maximum atomic E-state index is 12.0. The molecule has 2 N–H and O–H groups in total. The lowest BCUT2D eigenvalue weighted by molar-refractivity contribution is -0.137. The minimum absolute atomic E-state index is 0.0320. The average Bonchev–Trinajstić information content (AvgIpc) is 3.01. The Morgan fingerprint density at radius 1 is 1.29 bits per heavy atom. The molecule has 0 bridgehead atoms. The van der Waals surface area contributed by atoms with Crippen molar-refractivity contribution >= 4 is 11.9 Å². The van der Waals surface area contributed by atoms with E-state index in [2.05, 4.69) is 5.32 Å². The first kappa shape index (κ1) is 12.4. The molecule has 2 saturated carbocycles. The lowest BCUT2D eigenvalue weighted by atomic mass is 10.0. The summed E-state index contributed by atoms with van der Waals surface area (Å²) in [6.45, 7) is 1.91. The standard InChI is InChI=1S/C13H21NO3/c1-2-8(7-11(15)16)14-13(17)12-9-5-3-4-6-10(9)12/h8-10,12H,2-7H2,1H3,(H,14,17)(H,15,16). The summed E-state index contributed by atoms with van der Waals surface area (Å²) in [7, 11) is 0. The van der Waals surface area contributed by atoms with Crippen LogP contribution in [0.5, 0.6) is 0 Å². The summed E-state index contributed by atoms with van der Waals surface area (Å²) < 4.78 is 0. The zero-order chi connectivity index (χ0) is 12.4. The average molecular weight is 239 g/mol. The summed E-state index contributed by atoms with van der Waals surface area (Å²) >= 11 is 0. The molecule has 2 fully saturated rings. The number of carboxylic acids is 1. The Labute approximate surface area is 102 Å². The van der Waals surface area contributed by atoms with Crippen LogP contribution in [0.1, 0.15) is 45.4 Å². The second kappa shape index (κ2) is 5.07. The number of hydrogen-bond donors (Lipinski definition) is 2. The molecule has 1 amide bonds. The van der Waals surface area contributed by atoms with Crippen molar-refractivity contribution in [1.29, 1.82) is 0 Å².